The Morgan fingerprint density at radius 1 is 1.00 bits per heavy atom. The average Bonchev–Trinajstić information content (AvgIpc) is 2.85. The van der Waals surface area contributed by atoms with Crippen LogP contribution in [0.15, 0.2) is 89.9 Å². The van der Waals surface area contributed by atoms with Gasteiger partial charge in [-0.15, -0.1) is 0 Å². The lowest BCUT2D eigenvalue weighted by molar-refractivity contribution is 0.0937. The number of aryl methyl sites for hydroxylation is 1. The molecule has 3 heterocycles. The fourth-order valence-corrected chi connectivity index (χ4v) is 4.04. The van der Waals surface area contributed by atoms with Crippen LogP contribution in [0.4, 0.5) is 0 Å². The molecular formula is C27H23N5O2. The second kappa shape index (κ2) is 8.44. The number of aromatic nitrogens is 3. The SMILES string of the molecule is Cc1ccc(-n2c(=N)c(C(=O)NC(C)c3ccccc3)cc3c(=O)n4ccccc4nc32)cc1. The van der Waals surface area contributed by atoms with E-state index in [1.54, 1.807) is 29.0 Å². The molecule has 5 aromatic rings. The Morgan fingerprint density at radius 2 is 1.71 bits per heavy atom. The van der Waals surface area contributed by atoms with E-state index in [2.05, 4.69) is 10.3 Å². The van der Waals surface area contributed by atoms with Crippen molar-refractivity contribution in [3.8, 4) is 5.69 Å². The highest BCUT2D eigenvalue weighted by Gasteiger charge is 2.20. The fraction of sp³-hybridized carbons (Fsp3) is 0.111. The maximum Gasteiger partial charge on any atom is 0.267 e. The molecule has 7 heteroatoms. The van der Waals surface area contributed by atoms with Crippen molar-refractivity contribution in [3.05, 3.63) is 118 Å². The van der Waals surface area contributed by atoms with E-state index < -0.39 is 5.91 Å². The minimum absolute atomic E-state index is 0.0405. The van der Waals surface area contributed by atoms with E-state index in [0.29, 0.717) is 17.0 Å². The molecule has 1 atom stereocenters. The maximum absolute atomic E-state index is 13.4. The largest absolute Gasteiger partial charge is 0.345 e. The summed E-state index contributed by atoms with van der Waals surface area (Å²) in [4.78, 5) is 31.4. The van der Waals surface area contributed by atoms with Gasteiger partial charge in [-0.3, -0.25) is 24.0 Å². The van der Waals surface area contributed by atoms with Gasteiger partial charge in [0.2, 0.25) is 0 Å². The predicted molar refractivity (Wildman–Crippen MR) is 131 cm³/mol. The minimum atomic E-state index is -0.429. The zero-order valence-corrected chi connectivity index (χ0v) is 18.8. The molecule has 2 N–H and O–H groups in total. The number of carbonyl (C=O) groups is 1. The summed E-state index contributed by atoms with van der Waals surface area (Å²) >= 11 is 0. The summed E-state index contributed by atoms with van der Waals surface area (Å²) < 4.78 is 3.00. The second-order valence-electron chi connectivity index (χ2n) is 8.27. The highest BCUT2D eigenvalue weighted by Crippen LogP contribution is 2.17. The van der Waals surface area contributed by atoms with Gasteiger partial charge in [-0.05, 0) is 49.7 Å². The Hall–Kier alpha value is -4.52. The zero-order valence-electron chi connectivity index (χ0n) is 18.8. The van der Waals surface area contributed by atoms with E-state index in [9.17, 15) is 9.59 Å². The first-order chi connectivity index (χ1) is 16.4. The maximum atomic E-state index is 13.4. The summed E-state index contributed by atoms with van der Waals surface area (Å²) in [5.74, 6) is -0.429. The van der Waals surface area contributed by atoms with Crippen LogP contribution in [0.2, 0.25) is 0 Å². The van der Waals surface area contributed by atoms with Gasteiger partial charge >= 0.3 is 0 Å². The molecule has 168 valence electrons. The van der Waals surface area contributed by atoms with Crippen molar-refractivity contribution in [2.45, 2.75) is 19.9 Å². The number of nitrogens with zero attached hydrogens (tertiary/aromatic N) is 3. The van der Waals surface area contributed by atoms with Crippen molar-refractivity contribution >= 4 is 22.6 Å². The molecular weight excluding hydrogens is 426 g/mol. The van der Waals surface area contributed by atoms with Gasteiger partial charge in [-0.25, -0.2) is 4.98 Å². The second-order valence-corrected chi connectivity index (χ2v) is 8.27. The molecule has 0 aliphatic carbocycles. The summed E-state index contributed by atoms with van der Waals surface area (Å²) in [5, 5.41) is 12.2. The number of fused-ring (bicyclic) bond motifs is 2. The standard InChI is InChI=1S/C27H23N5O2/c1-17-11-13-20(14-12-17)32-24(28)21(26(33)29-18(2)19-8-4-3-5-9-19)16-22-25(32)30-23-10-6-7-15-31(23)27(22)34/h3-16,18,28H,1-2H3,(H,29,33). The summed E-state index contributed by atoms with van der Waals surface area (Å²) in [6.07, 6.45) is 1.64. The number of nitrogens with one attached hydrogen (secondary N) is 2. The summed E-state index contributed by atoms with van der Waals surface area (Å²) in [7, 11) is 0. The number of hydrogen-bond acceptors (Lipinski definition) is 4. The molecule has 0 saturated carbocycles. The van der Waals surface area contributed by atoms with Gasteiger partial charge < -0.3 is 5.32 Å². The lowest BCUT2D eigenvalue weighted by atomic mass is 10.1. The molecule has 0 aliphatic heterocycles. The molecule has 0 fully saturated rings. The molecule has 2 aromatic carbocycles. The third-order valence-electron chi connectivity index (χ3n) is 5.91. The van der Waals surface area contributed by atoms with Crippen molar-refractivity contribution in [2.75, 3.05) is 0 Å². The van der Waals surface area contributed by atoms with Gasteiger partial charge in [0.15, 0.2) is 5.65 Å². The van der Waals surface area contributed by atoms with Crippen molar-refractivity contribution in [1.82, 2.24) is 19.3 Å². The van der Waals surface area contributed by atoms with E-state index >= 15 is 0 Å². The monoisotopic (exact) mass is 449 g/mol. The van der Waals surface area contributed by atoms with E-state index in [1.807, 2.05) is 68.4 Å². The quantitative estimate of drug-likeness (QED) is 0.408. The van der Waals surface area contributed by atoms with Gasteiger partial charge in [0, 0.05) is 11.9 Å². The molecule has 0 saturated heterocycles. The molecule has 0 spiro atoms. The van der Waals surface area contributed by atoms with E-state index in [1.165, 1.54) is 10.5 Å². The Morgan fingerprint density at radius 3 is 2.44 bits per heavy atom. The molecule has 0 aliphatic rings. The Kier molecular flexibility index (Phi) is 5.30. The van der Waals surface area contributed by atoms with Gasteiger partial charge in [0.05, 0.1) is 17.0 Å². The topological polar surface area (TPSA) is 92.2 Å². The van der Waals surface area contributed by atoms with Crippen molar-refractivity contribution in [3.63, 3.8) is 0 Å². The van der Waals surface area contributed by atoms with Gasteiger partial charge in [0.1, 0.15) is 11.1 Å². The molecule has 3 aromatic heterocycles. The molecule has 5 rings (SSSR count). The van der Waals surface area contributed by atoms with Gasteiger partial charge in [0.25, 0.3) is 11.5 Å². The number of amides is 1. The number of carbonyl (C=O) groups excluding carboxylic acids is 1. The van der Waals surface area contributed by atoms with Crippen LogP contribution in [0.3, 0.4) is 0 Å². The number of benzene rings is 2. The fourth-order valence-electron chi connectivity index (χ4n) is 4.04. The Bertz CT molecular complexity index is 1650. The molecule has 34 heavy (non-hydrogen) atoms. The first-order valence-electron chi connectivity index (χ1n) is 11.0. The number of pyridine rings is 2. The summed E-state index contributed by atoms with van der Waals surface area (Å²) in [6.45, 7) is 3.86. The molecule has 0 radical (unpaired) electrons. The minimum Gasteiger partial charge on any atom is -0.345 e. The Labute approximate surface area is 195 Å². The number of hydrogen-bond donors (Lipinski definition) is 2. The first-order valence-corrected chi connectivity index (χ1v) is 11.0. The van der Waals surface area contributed by atoms with Crippen LogP contribution in [-0.4, -0.2) is 19.9 Å². The van der Waals surface area contributed by atoms with Crippen LogP contribution >= 0.6 is 0 Å². The van der Waals surface area contributed by atoms with Crippen LogP contribution in [0.25, 0.3) is 22.4 Å². The summed E-state index contributed by atoms with van der Waals surface area (Å²) in [6, 6.07) is 23.7. The van der Waals surface area contributed by atoms with Crippen LogP contribution < -0.4 is 16.4 Å². The summed E-state index contributed by atoms with van der Waals surface area (Å²) in [5.41, 5.74) is 3.22. The molecule has 7 nitrogen and oxygen atoms in total. The van der Waals surface area contributed by atoms with Crippen LogP contribution in [0.1, 0.15) is 34.5 Å². The molecule has 1 unspecified atom stereocenters. The highest BCUT2D eigenvalue weighted by molar-refractivity contribution is 5.97. The van der Waals surface area contributed by atoms with Crippen LogP contribution in [-0.2, 0) is 0 Å². The van der Waals surface area contributed by atoms with Crippen molar-refractivity contribution < 1.29 is 4.79 Å². The van der Waals surface area contributed by atoms with E-state index in [-0.39, 0.29) is 28.0 Å². The zero-order chi connectivity index (χ0) is 23.8. The molecule has 0 bridgehead atoms. The lowest BCUT2D eigenvalue weighted by Crippen LogP contribution is -2.35. The van der Waals surface area contributed by atoms with Gasteiger partial charge in [-0.1, -0.05) is 54.1 Å². The smallest absolute Gasteiger partial charge is 0.267 e. The lowest BCUT2D eigenvalue weighted by Gasteiger charge is -2.17. The average molecular weight is 450 g/mol. The first kappa shape index (κ1) is 21.3. The van der Waals surface area contributed by atoms with Crippen molar-refractivity contribution in [1.29, 1.82) is 5.41 Å². The molecule has 1 amide bonds. The normalized spacial score (nSPS) is 12.1. The predicted octanol–water partition coefficient (Wildman–Crippen LogP) is 3.92. The Balaban J connectivity index is 1.75. The van der Waals surface area contributed by atoms with Crippen LogP contribution in [0, 0.1) is 12.3 Å². The third kappa shape index (κ3) is 3.67. The van der Waals surface area contributed by atoms with Crippen LogP contribution in [0.5, 0.6) is 0 Å². The van der Waals surface area contributed by atoms with E-state index in [0.717, 1.165) is 11.1 Å². The van der Waals surface area contributed by atoms with Crippen molar-refractivity contribution in [2.24, 2.45) is 0 Å². The number of rotatable bonds is 4. The van der Waals surface area contributed by atoms with E-state index in [4.69, 9.17) is 5.41 Å². The highest BCUT2D eigenvalue weighted by atomic mass is 16.2. The van der Waals surface area contributed by atoms with Gasteiger partial charge in [-0.2, -0.15) is 0 Å². The third-order valence-corrected chi connectivity index (χ3v) is 5.91.